The lowest BCUT2D eigenvalue weighted by Crippen LogP contribution is -2.05. The molecule has 0 saturated carbocycles. The number of nitriles is 1. The Morgan fingerprint density at radius 1 is 1.47 bits per heavy atom. The van der Waals surface area contributed by atoms with E-state index >= 15 is 0 Å². The van der Waals surface area contributed by atoms with E-state index < -0.39 is 0 Å². The van der Waals surface area contributed by atoms with Crippen molar-refractivity contribution in [3.63, 3.8) is 0 Å². The predicted octanol–water partition coefficient (Wildman–Crippen LogP) is 2.37. The Balaban J connectivity index is 2.79. The second-order valence-electron chi connectivity index (χ2n) is 3.82. The van der Waals surface area contributed by atoms with Crippen LogP contribution in [0.15, 0.2) is 18.2 Å². The van der Waals surface area contributed by atoms with Crippen LogP contribution in [0, 0.1) is 18.3 Å². The third kappa shape index (κ3) is 1.49. The highest BCUT2D eigenvalue weighted by molar-refractivity contribution is 5.86. The Kier molecular flexibility index (Phi) is 2.22. The normalized spacial score (nSPS) is 12.7. The third-order valence-corrected chi connectivity index (χ3v) is 2.62. The summed E-state index contributed by atoms with van der Waals surface area (Å²) in [6, 6.07) is 7.74. The van der Waals surface area contributed by atoms with Gasteiger partial charge in [-0.25, -0.2) is 0 Å². The minimum absolute atomic E-state index is 0.0207. The van der Waals surface area contributed by atoms with Gasteiger partial charge in [0.25, 0.3) is 0 Å². The Hall–Kier alpha value is -1.79. The molecule has 0 amide bonds. The van der Waals surface area contributed by atoms with Crippen molar-refractivity contribution in [1.29, 1.82) is 5.26 Å². The summed E-state index contributed by atoms with van der Waals surface area (Å²) in [5.74, 6) is 0. The molecule has 1 aromatic carbocycles. The Morgan fingerprint density at radius 2 is 2.20 bits per heavy atom. The minimum Gasteiger partial charge on any atom is -0.358 e. The molecule has 2 aromatic rings. The molecule has 0 radical (unpaired) electrons. The number of aryl methyl sites for hydroxylation is 1. The van der Waals surface area contributed by atoms with Gasteiger partial charge in [0, 0.05) is 22.6 Å². The average Bonchev–Trinajstić information content (AvgIpc) is 2.52. The molecule has 76 valence electrons. The van der Waals surface area contributed by atoms with E-state index in [1.165, 1.54) is 0 Å². The van der Waals surface area contributed by atoms with Crippen molar-refractivity contribution in [2.45, 2.75) is 19.9 Å². The van der Waals surface area contributed by atoms with E-state index in [0.717, 1.165) is 22.2 Å². The van der Waals surface area contributed by atoms with E-state index in [-0.39, 0.29) is 6.04 Å². The van der Waals surface area contributed by atoms with E-state index in [0.29, 0.717) is 5.56 Å². The fourth-order valence-electron chi connectivity index (χ4n) is 2.00. The van der Waals surface area contributed by atoms with E-state index in [2.05, 4.69) is 11.1 Å². The molecule has 0 saturated heterocycles. The van der Waals surface area contributed by atoms with Crippen molar-refractivity contribution in [1.82, 2.24) is 4.98 Å². The van der Waals surface area contributed by atoms with Gasteiger partial charge in [0.15, 0.2) is 0 Å². The molecule has 3 nitrogen and oxygen atoms in total. The minimum atomic E-state index is -0.0207. The lowest BCUT2D eigenvalue weighted by atomic mass is 10.0. The third-order valence-electron chi connectivity index (χ3n) is 2.62. The number of fused-ring (bicyclic) bond motifs is 1. The number of aromatic nitrogens is 1. The number of nitrogens with zero attached hydrogens (tertiary/aromatic N) is 1. The highest BCUT2D eigenvalue weighted by Gasteiger charge is 2.11. The molecular weight excluding hydrogens is 186 g/mol. The number of benzene rings is 1. The maximum atomic E-state index is 8.84. The first kappa shape index (κ1) is 9.75. The van der Waals surface area contributed by atoms with Crippen molar-refractivity contribution >= 4 is 10.9 Å². The van der Waals surface area contributed by atoms with Gasteiger partial charge in [-0.3, -0.25) is 0 Å². The van der Waals surface area contributed by atoms with E-state index in [4.69, 9.17) is 11.0 Å². The van der Waals surface area contributed by atoms with Crippen LogP contribution in [0.3, 0.4) is 0 Å². The average molecular weight is 199 g/mol. The van der Waals surface area contributed by atoms with E-state index in [1.54, 1.807) is 0 Å². The molecule has 1 aromatic heterocycles. The molecule has 15 heavy (non-hydrogen) atoms. The van der Waals surface area contributed by atoms with Crippen LogP contribution in [0.5, 0.6) is 0 Å². The number of nitrogens with two attached hydrogens (primary N) is 1. The van der Waals surface area contributed by atoms with Crippen LogP contribution >= 0.6 is 0 Å². The summed E-state index contributed by atoms with van der Waals surface area (Å²) >= 11 is 0. The SMILES string of the molecule is Cc1[nH]c2ccc(C#N)cc2c1C(C)N. The molecule has 3 heteroatoms. The first-order valence-corrected chi connectivity index (χ1v) is 4.91. The van der Waals surface area contributed by atoms with Crippen LogP contribution in [-0.2, 0) is 0 Å². The number of hydrogen-bond donors (Lipinski definition) is 2. The van der Waals surface area contributed by atoms with Crippen LogP contribution in [0.4, 0.5) is 0 Å². The van der Waals surface area contributed by atoms with Crippen LogP contribution in [0.1, 0.15) is 29.8 Å². The van der Waals surface area contributed by atoms with Gasteiger partial charge in [-0.1, -0.05) is 0 Å². The largest absolute Gasteiger partial charge is 0.358 e. The first-order valence-electron chi connectivity index (χ1n) is 4.91. The van der Waals surface area contributed by atoms with Crippen molar-refractivity contribution in [2.24, 2.45) is 5.73 Å². The summed E-state index contributed by atoms with van der Waals surface area (Å²) < 4.78 is 0. The van der Waals surface area contributed by atoms with Gasteiger partial charge in [0.05, 0.1) is 11.6 Å². The zero-order valence-electron chi connectivity index (χ0n) is 8.83. The number of nitrogens with one attached hydrogen (secondary N) is 1. The first-order chi connectivity index (χ1) is 7.13. The van der Waals surface area contributed by atoms with E-state index in [1.807, 2.05) is 32.0 Å². The molecule has 0 spiro atoms. The number of H-pyrrole nitrogens is 1. The summed E-state index contributed by atoms with van der Waals surface area (Å²) in [7, 11) is 0. The highest BCUT2D eigenvalue weighted by Crippen LogP contribution is 2.27. The van der Waals surface area contributed by atoms with Crippen molar-refractivity contribution in [3.05, 3.63) is 35.0 Å². The summed E-state index contributed by atoms with van der Waals surface area (Å²) in [6.07, 6.45) is 0. The fraction of sp³-hybridized carbons (Fsp3) is 0.250. The van der Waals surface area contributed by atoms with Gasteiger partial charge in [-0.2, -0.15) is 5.26 Å². The molecular formula is C12H13N3. The summed E-state index contributed by atoms with van der Waals surface area (Å²) in [5.41, 5.74) is 9.80. The standard InChI is InChI=1S/C12H13N3/c1-7(14)12-8(2)15-11-4-3-9(6-13)5-10(11)12/h3-5,7,15H,14H2,1-2H3. The summed E-state index contributed by atoms with van der Waals surface area (Å²) in [4.78, 5) is 3.27. The quantitative estimate of drug-likeness (QED) is 0.740. The Morgan fingerprint density at radius 3 is 2.80 bits per heavy atom. The lowest BCUT2D eigenvalue weighted by molar-refractivity contribution is 0.817. The topological polar surface area (TPSA) is 65.6 Å². The molecule has 1 atom stereocenters. The maximum Gasteiger partial charge on any atom is 0.0991 e. The Bertz CT molecular complexity index is 544. The van der Waals surface area contributed by atoms with Gasteiger partial charge in [0.1, 0.15) is 0 Å². The van der Waals surface area contributed by atoms with Gasteiger partial charge in [-0.15, -0.1) is 0 Å². The second kappa shape index (κ2) is 3.41. The molecule has 0 aliphatic rings. The number of rotatable bonds is 1. The Labute approximate surface area is 88.5 Å². The monoisotopic (exact) mass is 199 g/mol. The number of hydrogen-bond acceptors (Lipinski definition) is 2. The van der Waals surface area contributed by atoms with Crippen molar-refractivity contribution < 1.29 is 0 Å². The summed E-state index contributed by atoms with van der Waals surface area (Å²) in [5, 5.41) is 9.90. The highest BCUT2D eigenvalue weighted by atomic mass is 14.7. The van der Waals surface area contributed by atoms with Crippen molar-refractivity contribution in [2.75, 3.05) is 0 Å². The van der Waals surface area contributed by atoms with Crippen LogP contribution in [-0.4, -0.2) is 4.98 Å². The smallest absolute Gasteiger partial charge is 0.0991 e. The zero-order chi connectivity index (χ0) is 11.0. The molecule has 1 unspecified atom stereocenters. The molecule has 3 N–H and O–H groups in total. The molecule has 0 bridgehead atoms. The van der Waals surface area contributed by atoms with Gasteiger partial charge >= 0.3 is 0 Å². The molecule has 2 rings (SSSR count). The van der Waals surface area contributed by atoms with Crippen LogP contribution in [0.2, 0.25) is 0 Å². The lowest BCUT2D eigenvalue weighted by Gasteiger charge is -2.04. The van der Waals surface area contributed by atoms with Gasteiger partial charge in [0.2, 0.25) is 0 Å². The van der Waals surface area contributed by atoms with Crippen LogP contribution in [0.25, 0.3) is 10.9 Å². The van der Waals surface area contributed by atoms with Crippen molar-refractivity contribution in [3.8, 4) is 6.07 Å². The van der Waals surface area contributed by atoms with E-state index in [9.17, 15) is 0 Å². The fourth-order valence-corrected chi connectivity index (χ4v) is 2.00. The molecule has 0 aliphatic carbocycles. The molecule has 0 fully saturated rings. The summed E-state index contributed by atoms with van der Waals surface area (Å²) in [6.45, 7) is 3.96. The second-order valence-corrected chi connectivity index (χ2v) is 3.82. The van der Waals surface area contributed by atoms with Gasteiger partial charge < -0.3 is 10.7 Å². The van der Waals surface area contributed by atoms with Crippen LogP contribution < -0.4 is 5.73 Å². The zero-order valence-corrected chi connectivity index (χ0v) is 8.83. The predicted molar refractivity (Wildman–Crippen MR) is 60.4 cm³/mol. The van der Waals surface area contributed by atoms with Gasteiger partial charge in [-0.05, 0) is 37.6 Å². The number of aromatic amines is 1. The molecule has 0 aliphatic heterocycles. The maximum absolute atomic E-state index is 8.84. The molecule has 1 heterocycles.